The Bertz CT molecular complexity index is 556. The van der Waals surface area contributed by atoms with Gasteiger partial charge in [-0.25, -0.2) is 5.84 Å². The molecule has 0 atom stereocenters. The van der Waals surface area contributed by atoms with Crippen molar-refractivity contribution >= 4 is 17.5 Å². The molecule has 0 aromatic heterocycles. The van der Waals surface area contributed by atoms with Crippen LogP contribution < -0.4 is 25.6 Å². The average Bonchev–Trinajstić information content (AvgIpc) is 2.59. The Morgan fingerprint density at radius 1 is 1.09 bits per heavy atom. The Balaban J connectivity index is 2.02. The second-order valence-corrected chi connectivity index (χ2v) is 4.79. The summed E-state index contributed by atoms with van der Waals surface area (Å²) in [5.41, 5.74) is 2.84. The van der Waals surface area contributed by atoms with E-state index in [0.29, 0.717) is 37.7 Å². The number of nitrogens with two attached hydrogens (primary N) is 1. The Labute approximate surface area is 128 Å². The molecule has 0 spiro atoms. The molecule has 0 bridgehead atoms. The second-order valence-electron chi connectivity index (χ2n) is 4.79. The highest BCUT2D eigenvalue weighted by molar-refractivity contribution is 6.34. The van der Waals surface area contributed by atoms with Gasteiger partial charge < -0.3 is 19.3 Å². The summed E-state index contributed by atoms with van der Waals surface area (Å²) in [7, 11) is 3.17. The number of ether oxygens (including phenoxy) is 2. The second kappa shape index (κ2) is 6.99. The van der Waals surface area contributed by atoms with Gasteiger partial charge in [-0.15, -0.1) is 0 Å². The van der Waals surface area contributed by atoms with Crippen LogP contribution in [0.1, 0.15) is 0 Å². The number of carbonyl (C=O) groups is 2. The number of hydrogen-bond donors (Lipinski definition) is 2. The molecule has 1 aromatic rings. The van der Waals surface area contributed by atoms with E-state index in [1.54, 1.807) is 14.2 Å². The molecule has 0 aliphatic carbocycles. The monoisotopic (exact) mass is 308 g/mol. The van der Waals surface area contributed by atoms with Crippen LogP contribution in [0.15, 0.2) is 18.2 Å². The van der Waals surface area contributed by atoms with Crippen LogP contribution in [0.25, 0.3) is 0 Å². The third kappa shape index (κ3) is 3.22. The van der Waals surface area contributed by atoms with Crippen LogP contribution >= 0.6 is 0 Å². The summed E-state index contributed by atoms with van der Waals surface area (Å²) >= 11 is 0. The molecule has 1 aliphatic heterocycles. The third-order valence-corrected chi connectivity index (χ3v) is 3.62. The van der Waals surface area contributed by atoms with Crippen LogP contribution in [0.5, 0.6) is 11.5 Å². The zero-order valence-electron chi connectivity index (χ0n) is 12.7. The lowest BCUT2D eigenvalue weighted by Crippen LogP contribution is -2.53. The van der Waals surface area contributed by atoms with Crippen LogP contribution in [-0.2, 0) is 9.59 Å². The normalized spacial score (nSPS) is 14.5. The maximum atomic E-state index is 11.7. The molecule has 1 aromatic carbocycles. The fraction of sp³-hybridized carbons (Fsp3) is 0.429. The zero-order valence-corrected chi connectivity index (χ0v) is 12.7. The Kier molecular flexibility index (Phi) is 5.05. The van der Waals surface area contributed by atoms with E-state index in [0.717, 1.165) is 5.69 Å². The van der Waals surface area contributed by atoms with Crippen molar-refractivity contribution in [2.75, 3.05) is 45.3 Å². The van der Waals surface area contributed by atoms with Gasteiger partial charge in [0.15, 0.2) is 11.5 Å². The fourth-order valence-electron chi connectivity index (χ4n) is 2.39. The minimum atomic E-state index is -0.792. The van der Waals surface area contributed by atoms with Crippen molar-refractivity contribution < 1.29 is 19.1 Å². The van der Waals surface area contributed by atoms with Crippen LogP contribution in [0.4, 0.5) is 5.69 Å². The molecule has 120 valence electrons. The minimum Gasteiger partial charge on any atom is -0.493 e. The lowest BCUT2D eigenvalue weighted by molar-refractivity contribution is -0.146. The highest BCUT2D eigenvalue weighted by Crippen LogP contribution is 2.31. The highest BCUT2D eigenvalue weighted by Gasteiger charge is 2.25. The van der Waals surface area contributed by atoms with Crippen molar-refractivity contribution in [3.63, 3.8) is 0 Å². The maximum absolute atomic E-state index is 11.7. The van der Waals surface area contributed by atoms with E-state index in [9.17, 15) is 9.59 Å². The van der Waals surface area contributed by atoms with E-state index in [1.165, 1.54) is 4.90 Å². The molecule has 2 rings (SSSR count). The van der Waals surface area contributed by atoms with Gasteiger partial charge in [0.05, 0.1) is 14.2 Å². The number of nitrogens with one attached hydrogen (secondary N) is 1. The number of methoxy groups -OCH3 is 2. The molecule has 8 heteroatoms. The summed E-state index contributed by atoms with van der Waals surface area (Å²) in [6.45, 7) is 2.17. The molecule has 0 radical (unpaired) electrons. The number of carbonyl (C=O) groups excluding carboxylic acids is 2. The molecule has 1 saturated heterocycles. The molecular formula is C14H20N4O4. The molecule has 1 fully saturated rings. The predicted molar refractivity (Wildman–Crippen MR) is 80.7 cm³/mol. The van der Waals surface area contributed by atoms with Gasteiger partial charge in [0, 0.05) is 37.9 Å². The summed E-state index contributed by atoms with van der Waals surface area (Å²) in [5.74, 6) is 4.90. The molecule has 3 N–H and O–H groups in total. The van der Waals surface area contributed by atoms with Crippen LogP contribution in [0.2, 0.25) is 0 Å². The lowest BCUT2D eigenvalue weighted by atomic mass is 10.2. The molecular weight excluding hydrogens is 288 g/mol. The number of hydrazine groups is 1. The molecule has 8 nitrogen and oxygen atoms in total. The largest absolute Gasteiger partial charge is 0.493 e. The lowest BCUT2D eigenvalue weighted by Gasteiger charge is -2.35. The van der Waals surface area contributed by atoms with Gasteiger partial charge in [-0.05, 0) is 12.1 Å². The van der Waals surface area contributed by atoms with Gasteiger partial charge in [0.2, 0.25) is 0 Å². The van der Waals surface area contributed by atoms with E-state index in [2.05, 4.69) is 4.90 Å². The van der Waals surface area contributed by atoms with E-state index in [4.69, 9.17) is 15.3 Å². The summed E-state index contributed by atoms with van der Waals surface area (Å²) in [4.78, 5) is 26.6. The Morgan fingerprint density at radius 3 is 2.27 bits per heavy atom. The topological polar surface area (TPSA) is 97.1 Å². The molecule has 2 amide bonds. The van der Waals surface area contributed by atoms with Crippen molar-refractivity contribution in [3.05, 3.63) is 18.2 Å². The third-order valence-electron chi connectivity index (χ3n) is 3.62. The molecule has 22 heavy (non-hydrogen) atoms. The standard InChI is InChI=1S/C14H20N4O4/c1-21-11-4-3-10(9-12(11)22-2)17-5-7-18(8-6-17)14(20)13(19)16-15/h3-4,9H,5-8,15H2,1-2H3,(H,16,19). The van der Waals surface area contributed by atoms with E-state index in [-0.39, 0.29) is 0 Å². The quantitative estimate of drug-likeness (QED) is 0.333. The number of piperazine rings is 1. The van der Waals surface area contributed by atoms with Crippen molar-refractivity contribution in [3.8, 4) is 11.5 Å². The number of nitrogens with zero attached hydrogens (tertiary/aromatic N) is 2. The first-order valence-electron chi connectivity index (χ1n) is 6.87. The minimum absolute atomic E-state index is 0.459. The highest BCUT2D eigenvalue weighted by atomic mass is 16.5. The summed E-state index contributed by atoms with van der Waals surface area (Å²) in [6.07, 6.45) is 0. The van der Waals surface area contributed by atoms with Crippen molar-refractivity contribution in [2.24, 2.45) is 5.84 Å². The Hall–Kier alpha value is -2.48. The van der Waals surface area contributed by atoms with Crippen LogP contribution in [-0.4, -0.2) is 57.1 Å². The van der Waals surface area contributed by atoms with Gasteiger partial charge in [-0.2, -0.15) is 0 Å². The van der Waals surface area contributed by atoms with Crippen LogP contribution in [0, 0.1) is 0 Å². The first-order valence-corrected chi connectivity index (χ1v) is 6.87. The van der Waals surface area contributed by atoms with Gasteiger partial charge in [0.25, 0.3) is 0 Å². The zero-order chi connectivity index (χ0) is 16.1. The molecule has 1 aliphatic rings. The number of benzene rings is 1. The Morgan fingerprint density at radius 2 is 1.73 bits per heavy atom. The van der Waals surface area contributed by atoms with E-state index < -0.39 is 11.8 Å². The summed E-state index contributed by atoms with van der Waals surface area (Å²) in [6, 6.07) is 5.67. The first kappa shape index (κ1) is 15.9. The summed E-state index contributed by atoms with van der Waals surface area (Å²) < 4.78 is 10.5. The van der Waals surface area contributed by atoms with Gasteiger partial charge in [0.1, 0.15) is 0 Å². The fourth-order valence-corrected chi connectivity index (χ4v) is 2.39. The number of hydrogen-bond acceptors (Lipinski definition) is 6. The molecule has 1 heterocycles. The van der Waals surface area contributed by atoms with E-state index in [1.807, 2.05) is 23.6 Å². The predicted octanol–water partition coefficient (Wildman–Crippen LogP) is -0.658. The van der Waals surface area contributed by atoms with Gasteiger partial charge >= 0.3 is 11.8 Å². The van der Waals surface area contributed by atoms with Crippen molar-refractivity contribution in [1.29, 1.82) is 0 Å². The molecule has 0 unspecified atom stereocenters. The van der Waals surface area contributed by atoms with Crippen molar-refractivity contribution in [1.82, 2.24) is 10.3 Å². The first-order chi connectivity index (χ1) is 10.6. The van der Waals surface area contributed by atoms with Crippen molar-refractivity contribution in [2.45, 2.75) is 0 Å². The van der Waals surface area contributed by atoms with Gasteiger partial charge in [-0.3, -0.25) is 15.0 Å². The average molecular weight is 308 g/mol. The number of anilines is 1. The SMILES string of the molecule is COc1ccc(N2CCN(C(=O)C(=O)NN)CC2)cc1OC. The number of rotatable bonds is 3. The smallest absolute Gasteiger partial charge is 0.323 e. The maximum Gasteiger partial charge on any atom is 0.323 e. The van der Waals surface area contributed by atoms with Gasteiger partial charge in [-0.1, -0.05) is 0 Å². The number of amides is 2. The van der Waals surface area contributed by atoms with Crippen LogP contribution in [0.3, 0.4) is 0 Å². The molecule has 0 saturated carbocycles. The summed E-state index contributed by atoms with van der Waals surface area (Å²) in [5, 5.41) is 0. The van der Waals surface area contributed by atoms with E-state index >= 15 is 0 Å².